The largest absolute Gasteiger partial charge is 0.379 e. The first kappa shape index (κ1) is 12.0. The normalized spacial score (nSPS) is 20.6. The van der Waals surface area contributed by atoms with Crippen LogP contribution in [0.5, 0.6) is 0 Å². The van der Waals surface area contributed by atoms with E-state index in [1.807, 2.05) is 33.7 Å². The van der Waals surface area contributed by atoms with Crippen LogP contribution in [0.25, 0.3) is 0 Å². The van der Waals surface area contributed by atoms with Crippen molar-refractivity contribution in [3.8, 4) is 0 Å². The van der Waals surface area contributed by atoms with E-state index in [4.69, 9.17) is 4.74 Å². The average molecular weight is 286 g/mol. The molecule has 1 saturated heterocycles. The van der Waals surface area contributed by atoms with Crippen LogP contribution in [0.3, 0.4) is 0 Å². The van der Waals surface area contributed by atoms with Crippen LogP contribution in [0.2, 0.25) is 0 Å². The van der Waals surface area contributed by atoms with Gasteiger partial charge < -0.3 is 4.74 Å². The minimum absolute atomic E-state index is 0.860. The van der Waals surface area contributed by atoms with Gasteiger partial charge in [-0.1, -0.05) is 12.1 Å². The van der Waals surface area contributed by atoms with Crippen molar-refractivity contribution in [1.82, 2.24) is 4.31 Å². The Morgan fingerprint density at radius 2 is 1.94 bits per heavy atom. The van der Waals surface area contributed by atoms with Crippen molar-refractivity contribution in [3.05, 3.63) is 24.3 Å². The highest BCUT2D eigenvalue weighted by Gasteiger charge is 2.21. The van der Waals surface area contributed by atoms with E-state index in [2.05, 4.69) is 32.9 Å². The van der Waals surface area contributed by atoms with Crippen LogP contribution in [0, 0.1) is 0 Å². The summed E-state index contributed by atoms with van der Waals surface area (Å²) in [5.41, 5.74) is 1.35. The van der Waals surface area contributed by atoms with Crippen LogP contribution in [-0.4, -0.2) is 36.5 Å². The molecule has 1 aromatic carbocycles. The summed E-state index contributed by atoms with van der Waals surface area (Å²) in [7, 11) is 3.67. The molecule has 3 nitrogen and oxygen atoms in total. The van der Waals surface area contributed by atoms with Crippen molar-refractivity contribution in [1.29, 1.82) is 0 Å². The second-order valence-electron chi connectivity index (χ2n) is 3.81. The molecule has 2 aliphatic rings. The monoisotopic (exact) mass is 286 g/mol. The first-order chi connectivity index (χ1) is 8.43. The standard InChI is InChI=1S/C11H14N2OS3/c1-2-4-11-10(3-1)13(9-15-11)17-16-12-5-7-14-8-6-12/h1-4H,5-9H2. The third-order valence-corrected chi connectivity index (χ3v) is 6.40. The maximum absolute atomic E-state index is 5.35. The Kier molecular flexibility index (Phi) is 4.08. The highest BCUT2D eigenvalue weighted by molar-refractivity contribution is 8.76. The predicted molar refractivity (Wildman–Crippen MR) is 77.2 cm³/mol. The molecule has 0 unspecified atom stereocenters. The van der Waals surface area contributed by atoms with Gasteiger partial charge in [-0.15, -0.1) is 11.8 Å². The Bertz CT molecular complexity index is 385. The molecule has 0 aromatic heterocycles. The Labute approximate surface area is 114 Å². The highest BCUT2D eigenvalue weighted by Crippen LogP contribution is 2.45. The van der Waals surface area contributed by atoms with Gasteiger partial charge in [0.25, 0.3) is 0 Å². The second kappa shape index (κ2) is 5.75. The smallest absolute Gasteiger partial charge is 0.0806 e. The molecule has 0 aliphatic carbocycles. The molecule has 0 saturated carbocycles. The van der Waals surface area contributed by atoms with Crippen molar-refractivity contribution in [2.45, 2.75) is 4.90 Å². The van der Waals surface area contributed by atoms with E-state index < -0.39 is 0 Å². The lowest BCUT2D eigenvalue weighted by molar-refractivity contribution is 0.0779. The highest BCUT2D eigenvalue weighted by atomic mass is 33.1. The lowest BCUT2D eigenvalue weighted by atomic mass is 10.3. The summed E-state index contributed by atoms with van der Waals surface area (Å²) in [5, 5.41) is 0. The number of rotatable bonds is 3. The zero-order chi connectivity index (χ0) is 11.5. The lowest BCUT2D eigenvalue weighted by Gasteiger charge is -2.26. The number of para-hydroxylation sites is 1. The molecule has 0 spiro atoms. The van der Waals surface area contributed by atoms with Gasteiger partial charge in [0.05, 0.1) is 24.8 Å². The molecule has 3 rings (SSSR count). The van der Waals surface area contributed by atoms with Crippen molar-refractivity contribution in [2.75, 3.05) is 36.5 Å². The van der Waals surface area contributed by atoms with E-state index >= 15 is 0 Å². The molecule has 0 atom stereocenters. The summed E-state index contributed by atoms with van der Waals surface area (Å²) in [6.45, 7) is 3.78. The SMILES string of the molecule is c1ccc2c(c1)SCN2SSN1CCOCC1. The van der Waals surface area contributed by atoms with Crippen LogP contribution in [-0.2, 0) is 4.74 Å². The summed E-state index contributed by atoms with van der Waals surface area (Å²) >= 11 is 1.91. The maximum Gasteiger partial charge on any atom is 0.0806 e. The van der Waals surface area contributed by atoms with Crippen LogP contribution in [0.1, 0.15) is 0 Å². The van der Waals surface area contributed by atoms with Gasteiger partial charge >= 0.3 is 0 Å². The number of hydrogen-bond donors (Lipinski definition) is 0. The molecule has 2 heterocycles. The summed E-state index contributed by atoms with van der Waals surface area (Å²) in [6.07, 6.45) is 0. The van der Waals surface area contributed by atoms with Gasteiger partial charge in [-0.3, -0.25) is 4.31 Å². The molecule has 1 fully saturated rings. The van der Waals surface area contributed by atoms with E-state index in [9.17, 15) is 0 Å². The molecule has 17 heavy (non-hydrogen) atoms. The van der Waals surface area contributed by atoms with Gasteiger partial charge in [0, 0.05) is 39.9 Å². The van der Waals surface area contributed by atoms with Crippen LogP contribution < -0.4 is 4.31 Å². The fraction of sp³-hybridized carbons (Fsp3) is 0.455. The fourth-order valence-corrected chi connectivity index (χ4v) is 5.35. The van der Waals surface area contributed by atoms with E-state index in [1.165, 1.54) is 10.6 Å². The van der Waals surface area contributed by atoms with Crippen molar-refractivity contribution in [3.63, 3.8) is 0 Å². The third kappa shape index (κ3) is 2.88. The number of benzene rings is 1. The first-order valence-corrected chi connectivity index (χ1v) is 8.65. The predicted octanol–water partition coefficient (Wildman–Crippen LogP) is 3.10. The van der Waals surface area contributed by atoms with E-state index in [-0.39, 0.29) is 0 Å². The lowest BCUT2D eigenvalue weighted by Crippen LogP contribution is -2.30. The molecule has 0 N–H and O–H groups in total. The summed E-state index contributed by atoms with van der Waals surface area (Å²) in [6, 6.07) is 8.61. The Morgan fingerprint density at radius 1 is 1.12 bits per heavy atom. The number of fused-ring (bicyclic) bond motifs is 1. The van der Waals surface area contributed by atoms with Gasteiger partial charge in [-0.2, -0.15) is 0 Å². The number of ether oxygens (including phenoxy) is 1. The van der Waals surface area contributed by atoms with E-state index in [1.54, 1.807) is 0 Å². The molecular weight excluding hydrogens is 272 g/mol. The van der Waals surface area contributed by atoms with Gasteiger partial charge in [0.1, 0.15) is 0 Å². The van der Waals surface area contributed by atoms with Crippen molar-refractivity contribution < 1.29 is 4.74 Å². The molecule has 6 heteroatoms. The van der Waals surface area contributed by atoms with Crippen molar-refractivity contribution >= 4 is 39.4 Å². The Morgan fingerprint density at radius 3 is 2.82 bits per heavy atom. The van der Waals surface area contributed by atoms with E-state index in [0.29, 0.717) is 0 Å². The number of thioether (sulfide) groups is 1. The van der Waals surface area contributed by atoms with Crippen LogP contribution >= 0.6 is 33.7 Å². The number of anilines is 1. The van der Waals surface area contributed by atoms with Gasteiger partial charge in [-0.05, 0) is 12.1 Å². The van der Waals surface area contributed by atoms with Gasteiger partial charge in [0.15, 0.2) is 0 Å². The molecule has 0 bridgehead atoms. The molecular formula is C11H14N2OS3. The third-order valence-electron chi connectivity index (χ3n) is 2.67. The van der Waals surface area contributed by atoms with Gasteiger partial charge in [-0.25, -0.2) is 4.31 Å². The van der Waals surface area contributed by atoms with Crippen LogP contribution in [0.4, 0.5) is 5.69 Å². The minimum atomic E-state index is 0.860. The second-order valence-corrected chi connectivity index (χ2v) is 6.95. The Balaban J connectivity index is 1.56. The average Bonchev–Trinajstić information content (AvgIpc) is 2.81. The first-order valence-electron chi connectivity index (χ1n) is 5.60. The molecule has 0 amide bonds. The number of hydrogen-bond acceptors (Lipinski definition) is 6. The topological polar surface area (TPSA) is 15.7 Å². The zero-order valence-corrected chi connectivity index (χ0v) is 11.8. The molecule has 2 aliphatic heterocycles. The summed E-state index contributed by atoms with van der Waals surface area (Å²) in [5.74, 6) is 1.04. The molecule has 0 radical (unpaired) electrons. The van der Waals surface area contributed by atoms with E-state index in [0.717, 1.165) is 32.2 Å². The summed E-state index contributed by atoms with van der Waals surface area (Å²) in [4.78, 5) is 1.39. The maximum atomic E-state index is 5.35. The number of nitrogens with zero attached hydrogens (tertiary/aromatic N) is 2. The van der Waals surface area contributed by atoms with Gasteiger partial charge in [0.2, 0.25) is 0 Å². The molecule has 92 valence electrons. The van der Waals surface area contributed by atoms with Crippen molar-refractivity contribution in [2.24, 2.45) is 0 Å². The summed E-state index contributed by atoms with van der Waals surface area (Å²) < 4.78 is 10.1. The Hall–Kier alpha value is -0.0100. The number of morpholine rings is 1. The minimum Gasteiger partial charge on any atom is -0.379 e. The molecule has 1 aromatic rings. The van der Waals surface area contributed by atoms with Crippen LogP contribution in [0.15, 0.2) is 29.2 Å². The quantitative estimate of drug-likeness (QED) is 0.622. The fourth-order valence-electron chi connectivity index (χ4n) is 1.75. The zero-order valence-electron chi connectivity index (χ0n) is 9.37.